The highest BCUT2D eigenvalue weighted by molar-refractivity contribution is 6.30. The zero-order valence-corrected chi connectivity index (χ0v) is 14.6. The molecule has 0 saturated carbocycles. The van der Waals surface area contributed by atoms with Crippen LogP contribution < -0.4 is 10.1 Å². The number of rotatable bonds is 5. The zero-order chi connectivity index (χ0) is 16.4. The molecule has 23 heavy (non-hydrogen) atoms. The Balaban J connectivity index is 1.58. The van der Waals surface area contributed by atoms with Gasteiger partial charge < -0.3 is 15.0 Å². The van der Waals surface area contributed by atoms with E-state index >= 15 is 0 Å². The van der Waals surface area contributed by atoms with Gasteiger partial charge in [-0.05, 0) is 49.8 Å². The van der Waals surface area contributed by atoms with E-state index in [0.717, 1.165) is 24.2 Å². The summed E-state index contributed by atoms with van der Waals surface area (Å²) in [6.45, 7) is 0.528. The van der Waals surface area contributed by atoms with Gasteiger partial charge in [0.25, 0.3) is 0 Å². The summed E-state index contributed by atoms with van der Waals surface area (Å²) in [5.41, 5.74) is 0.946. The van der Waals surface area contributed by atoms with Crippen molar-refractivity contribution in [2.24, 2.45) is 5.92 Å². The molecular formula is C18H25ClN2O2. The van der Waals surface area contributed by atoms with Crippen molar-refractivity contribution in [2.45, 2.75) is 50.7 Å². The molecule has 2 saturated heterocycles. The summed E-state index contributed by atoms with van der Waals surface area (Å²) in [5, 5.41) is 4.29. The maximum absolute atomic E-state index is 12.6. The fourth-order valence-corrected chi connectivity index (χ4v) is 4.15. The number of halogens is 1. The minimum Gasteiger partial charge on any atom is -0.496 e. The second kappa shape index (κ2) is 7.10. The van der Waals surface area contributed by atoms with Gasteiger partial charge in [-0.1, -0.05) is 11.6 Å². The topological polar surface area (TPSA) is 41.6 Å². The number of methoxy groups -OCH3 is 1. The van der Waals surface area contributed by atoms with Crippen LogP contribution >= 0.6 is 11.6 Å². The molecule has 1 aromatic carbocycles. The van der Waals surface area contributed by atoms with Crippen LogP contribution in [-0.2, 0) is 11.3 Å². The normalized spacial score (nSPS) is 26.1. The maximum Gasteiger partial charge on any atom is 0.222 e. The first-order chi connectivity index (χ1) is 11.0. The fourth-order valence-electron chi connectivity index (χ4n) is 3.96. The highest BCUT2D eigenvalue weighted by Crippen LogP contribution is 2.33. The van der Waals surface area contributed by atoms with Crippen LogP contribution in [0.15, 0.2) is 18.2 Å². The van der Waals surface area contributed by atoms with Gasteiger partial charge in [-0.2, -0.15) is 0 Å². The lowest BCUT2D eigenvalue weighted by molar-refractivity contribution is -0.131. The van der Waals surface area contributed by atoms with Gasteiger partial charge in [-0.25, -0.2) is 0 Å². The summed E-state index contributed by atoms with van der Waals surface area (Å²) in [5.74, 6) is 1.50. The van der Waals surface area contributed by atoms with E-state index in [2.05, 4.69) is 5.32 Å². The van der Waals surface area contributed by atoms with Crippen LogP contribution in [0.4, 0.5) is 0 Å². The number of benzene rings is 1. The smallest absolute Gasteiger partial charge is 0.222 e. The van der Waals surface area contributed by atoms with Crippen LogP contribution in [0, 0.1) is 5.92 Å². The van der Waals surface area contributed by atoms with Crippen molar-refractivity contribution < 1.29 is 9.53 Å². The van der Waals surface area contributed by atoms with Gasteiger partial charge in [-0.3, -0.25) is 4.79 Å². The molecule has 2 unspecified atom stereocenters. The van der Waals surface area contributed by atoms with E-state index in [1.807, 2.05) is 19.2 Å². The van der Waals surface area contributed by atoms with Crippen LogP contribution in [0.3, 0.4) is 0 Å². The number of fused-ring (bicyclic) bond motifs is 2. The molecule has 5 heteroatoms. The molecule has 2 fully saturated rings. The molecule has 1 amide bonds. The number of nitrogens with zero attached hydrogens (tertiary/aromatic N) is 1. The molecular weight excluding hydrogens is 312 g/mol. The Hall–Kier alpha value is -1.26. The van der Waals surface area contributed by atoms with Gasteiger partial charge >= 0.3 is 0 Å². The van der Waals surface area contributed by atoms with Crippen LogP contribution in [0.5, 0.6) is 5.75 Å². The Bertz CT molecular complexity index is 566. The molecule has 2 aliphatic rings. The Kier molecular flexibility index (Phi) is 5.12. The first kappa shape index (κ1) is 16.6. The number of piperidine rings is 1. The molecule has 2 bridgehead atoms. The number of carbonyl (C=O) groups is 1. The third kappa shape index (κ3) is 3.99. The van der Waals surface area contributed by atoms with E-state index in [1.54, 1.807) is 18.1 Å². The van der Waals surface area contributed by atoms with Crippen LogP contribution in [0.2, 0.25) is 5.02 Å². The monoisotopic (exact) mass is 336 g/mol. The van der Waals surface area contributed by atoms with Gasteiger partial charge in [0.1, 0.15) is 5.75 Å². The summed E-state index contributed by atoms with van der Waals surface area (Å²) in [6.07, 6.45) is 5.46. The molecule has 2 aliphatic heterocycles. The fraction of sp³-hybridized carbons (Fsp3) is 0.611. The summed E-state index contributed by atoms with van der Waals surface area (Å²) in [7, 11) is 3.50. The van der Waals surface area contributed by atoms with Gasteiger partial charge in [0.05, 0.1) is 7.11 Å². The molecule has 126 valence electrons. The summed E-state index contributed by atoms with van der Waals surface area (Å²) < 4.78 is 5.36. The molecule has 2 atom stereocenters. The third-order valence-electron chi connectivity index (χ3n) is 5.11. The second-order valence-electron chi connectivity index (χ2n) is 6.89. The van der Waals surface area contributed by atoms with Crippen molar-refractivity contribution in [1.29, 1.82) is 0 Å². The number of amides is 1. The molecule has 0 radical (unpaired) electrons. The number of hydrogen-bond donors (Lipinski definition) is 1. The predicted molar refractivity (Wildman–Crippen MR) is 91.8 cm³/mol. The van der Waals surface area contributed by atoms with Crippen molar-refractivity contribution in [3.8, 4) is 5.75 Å². The number of hydrogen-bond acceptors (Lipinski definition) is 3. The molecule has 3 rings (SSSR count). The van der Waals surface area contributed by atoms with E-state index < -0.39 is 0 Å². The first-order valence-electron chi connectivity index (χ1n) is 8.37. The Morgan fingerprint density at radius 2 is 2.04 bits per heavy atom. The molecule has 0 aliphatic carbocycles. The average molecular weight is 337 g/mol. The minimum atomic E-state index is 0.207. The molecule has 0 aromatic heterocycles. The van der Waals surface area contributed by atoms with Gasteiger partial charge in [0, 0.05) is 42.7 Å². The summed E-state index contributed by atoms with van der Waals surface area (Å²) in [6, 6.07) is 6.78. The van der Waals surface area contributed by atoms with E-state index in [0.29, 0.717) is 36.0 Å². The summed E-state index contributed by atoms with van der Waals surface area (Å²) >= 11 is 6.07. The highest BCUT2D eigenvalue weighted by Gasteiger charge is 2.34. The number of nitrogens with one attached hydrogen (secondary N) is 1. The Morgan fingerprint density at radius 3 is 2.70 bits per heavy atom. The van der Waals surface area contributed by atoms with Gasteiger partial charge in [0.15, 0.2) is 0 Å². The van der Waals surface area contributed by atoms with E-state index in [1.165, 1.54) is 12.8 Å². The average Bonchev–Trinajstić information content (AvgIpc) is 2.86. The minimum absolute atomic E-state index is 0.207. The Labute approximate surface area is 143 Å². The van der Waals surface area contributed by atoms with Crippen LogP contribution in [-0.4, -0.2) is 37.0 Å². The van der Waals surface area contributed by atoms with Gasteiger partial charge in [-0.15, -0.1) is 0 Å². The lowest BCUT2D eigenvalue weighted by atomic mass is 9.89. The summed E-state index contributed by atoms with van der Waals surface area (Å²) in [4.78, 5) is 14.4. The highest BCUT2D eigenvalue weighted by atomic mass is 35.5. The number of ether oxygens (including phenoxy) is 1. The van der Waals surface area contributed by atoms with Crippen molar-refractivity contribution in [1.82, 2.24) is 10.2 Å². The lowest BCUT2D eigenvalue weighted by Crippen LogP contribution is -2.39. The van der Waals surface area contributed by atoms with Crippen molar-refractivity contribution in [2.75, 3.05) is 14.2 Å². The van der Waals surface area contributed by atoms with Crippen LogP contribution in [0.1, 0.15) is 37.7 Å². The number of carbonyl (C=O) groups excluding carboxylic acids is 1. The standard InChI is InChI=1S/C18H25ClN2O2/c1-21(11-13-10-14(19)3-6-17(13)23-2)18(22)9-12-7-15-4-5-16(8-12)20-15/h3,6,10,12,15-16,20H,4-5,7-9,11H2,1-2H3. The maximum atomic E-state index is 12.6. The van der Waals surface area contributed by atoms with Crippen molar-refractivity contribution >= 4 is 17.5 Å². The van der Waals surface area contributed by atoms with Crippen molar-refractivity contribution in [3.63, 3.8) is 0 Å². The SMILES string of the molecule is COc1ccc(Cl)cc1CN(C)C(=O)CC1CC2CCC(C1)N2. The quantitative estimate of drug-likeness (QED) is 0.897. The van der Waals surface area contributed by atoms with E-state index in [-0.39, 0.29) is 5.91 Å². The van der Waals surface area contributed by atoms with E-state index in [4.69, 9.17) is 16.3 Å². The molecule has 4 nitrogen and oxygen atoms in total. The van der Waals surface area contributed by atoms with E-state index in [9.17, 15) is 4.79 Å². The third-order valence-corrected chi connectivity index (χ3v) is 5.34. The Morgan fingerprint density at radius 1 is 1.35 bits per heavy atom. The molecule has 1 N–H and O–H groups in total. The first-order valence-corrected chi connectivity index (χ1v) is 8.75. The van der Waals surface area contributed by atoms with Gasteiger partial charge in [0.2, 0.25) is 5.91 Å². The zero-order valence-electron chi connectivity index (χ0n) is 13.8. The van der Waals surface area contributed by atoms with Crippen molar-refractivity contribution in [3.05, 3.63) is 28.8 Å². The largest absolute Gasteiger partial charge is 0.496 e. The lowest BCUT2D eigenvalue weighted by Gasteiger charge is -2.30. The second-order valence-corrected chi connectivity index (χ2v) is 7.32. The van der Waals surface area contributed by atoms with Crippen LogP contribution in [0.25, 0.3) is 0 Å². The molecule has 1 aromatic rings. The predicted octanol–water partition coefficient (Wildman–Crippen LogP) is 3.23. The molecule has 0 spiro atoms. The molecule has 2 heterocycles.